The van der Waals surface area contributed by atoms with E-state index in [9.17, 15) is 9.59 Å². The van der Waals surface area contributed by atoms with E-state index in [4.69, 9.17) is 16.3 Å². The van der Waals surface area contributed by atoms with Gasteiger partial charge in [0.2, 0.25) is 5.91 Å². The minimum absolute atomic E-state index is 0.0738. The van der Waals surface area contributed by atoms with Crippen molar-refractivity contribution in [3.63, 3.8) is 0 Å². The van der Waals surface area contributed by atoms with E-state index >= 15 is 0 Å². The molecule has 0 saturated heterocycles. The molecular weight excluding hydrogens is 584 g/mol. The fourth-order valence-corrected chi connectivity index (χ4v) is 6.16. The van der Waals surface area contributed by atoms with E-state index in [1.54, 1.807) is 35.9 Å². The van der Waals surface area contributed by atoms with Crippen LogP contribution in [0.5, 0.6) is 5.75 Å². The zero-order valence-corrected chi connectivity index (χ0v) is 26.5. The number of rotatable bonds is 9. The summed E-state index contributed by atoms with van der Waals surface area (Å²) in [5.41, 5.74) is 7.10. The van der Waals surface area contributed by atoms with Crippen LogP contribution in [0.3, 0.4) is 0 Å². The zero-order chi connectivity index (χ0) is 31.7. The van der Waals surface area contributed by atoms with Crippen molar-refractivity contribution in [1.29, 1.82) is 0 Å². The summed E-state index contributed by atoms with van der Waals surface area (Å²) >= 11 is 6.07. The molecule has 0 aliphatic rings. The van der Waals surface area contributed by atoms with Crippen LogP contribution in [0.4, 0.5) is 5.69 Å². The molecule has 1 atom stereocenters. The van der Waals surface area contributed by atoms with Crippen LogP contribution in [0.25, 0.3) is 21.8 Å². The first kappa shape index (κ1) is 30.0. The summed E-state index contributed by atoms with van der Waals surface area (Å²) in [6.45, 7) is 2.29. The van der Waals surface area contributed by atoms with Crippen molar-refractivity contribution < 1.29 is 14.3 Å². The summed E-state index contributed by atoms with van der Waals surface area (Å²) in [6.07, 6.45) is 2.14. The van der Waals surface area contributed by atoms with Crippen LogP contribution >= 0.6 is 11.6 Å². The molecule has 2 N–H and O–H groups in total. The molecule has 1 amide bonds. The van der Waals surface area contributed by atoms with Crippen LogP contribution in [0, 0.1) is 6.92 Å². The maximum Gasteiger partial charge on any atom is 0.262 e. The number of nitrogens with one attached hydrogen (secondary N) is 2. The normalized spacial score (nSPS) is 11.9. The number of halogens is 1. The number of H-pyrrole nitrogens is 1. The number of hydrogen-bond donors (Lipinski definition) is 2. The van der Waals surface area contributed by atoms with E-state index in [0.29, 0.717) is 34.1 Å². The van der Waals surface area contributed by atoms with E-state index < -0.39 is 0 Å². The second kappa shape index (κ2) is 12.5. The van der Waals surface area contributed by atoms with Crippen LogP contribution in [-0.2, 0) is 11.2 Å². The van der Waals surface area contributed by atoms with Gasteiger partial charge in [0, 0.05) is 71.0 Å². The predicted molar refractivity (Wildman–Crippen MR) is 182 cm³/mol. The quantitative estimate of drug-likeness (QED) is 0.178. The first-order chi connectivity index (χ1) is 21.7. The number of hydrogen-bond acceptors (Lipinski definition) is 4. The maximum atomic E-state index is 13.7. The van der Waals surface area contributed by atoms with Crippen LogP contribution in [-0.4, -0.2) is 49.1 Å². The third-order valence-corrected chi connectivity index (χ3v) is 8.74. The molecule has 0 fully saturated rings. The Hall–Kier alpha value is -5.01. The Balaban J connectivity index is 1.32. The molecule has 7 nitrogen and oxygen atoms in total. The SMILES string of the molecule is COc1ccc2c(c1)c(CC(=O)NC[C@H](c1ccc(N(C)C)cc1)c1c[nH]c3ccccc13)c(C)n2C(=O)c1ccc(Cl)cc1. The molecule has 4 aromatic carbocycles. The number of carbonyl (C=O) groups is 2. The lowest BCUT2D eigenvalue weighted by Gasteiger charge is -2.20. The number of aromatic nitrogens is 2. The summed E-state index contributed by atoms with van der Waals surface area (Å²) in [6, 6.07) is 29.0. The molecule has 0 spiro atoms. The number of carbonyl (C=O) groups excluding carboxylic acids is 2. The topological polar surface area (TPSA) is 79.4 Å². The van der Waals surface area contributed by atoms with Gasteiger partial charge in [0.05, 0.1) is 19.0 Å². The van der Waals surface area contributed by atoms with Gasteiger partial charge in [-0.15, -0.1) is 0 Å². The Bertz CT molecular complexity index is 2010. The van der Waals surface area contributed by atoms with Crippen molar-refractivity contribution in [2.75, 3.05) is 32.6 Å². The molecule has 0 saturated carbocycles. The molecule has 0 unspecified atom stereocenters. The van der Waals surface area contributed by atoms with E-state index in [0.717, 1.165) is 38.7 Å². The van der Waals surface area contributed by atoms with Gasteiger partial charge in [-0.05, 0) is 84.3 Å². The number of aromatic amines is 1. The number of anilines is 1. The molecular formula is C37H35ClN4O3. The van der Waals surface area contributed by atoms with Crippen LogP contribution in [0.2, 0.25) is 5.02 Å². The van der Waals surface area contributed by atoms with Crippen molar-refractivity contribution in [1.82, 2.24) is 14.9 Å². The smallest absolute Gasteiger partial charge is 0.262 e. The molecule has 6 rings (SSSR count). The third kappa shape index (κ3) is 5.91. The van der Waals surface area contributed by atoms with Gasteiger partial charge in [-0.1, -0.05) is 41.9 Å². The van der Waals surface area contributed by atoms with Crippen LogP contribution < -0.4 is 15.0 Å². The first-order valence-electron chi connectivity index (χ1n) is 14.8. The van der Waals surface area contributed by atoms with Crippen molar-refractivity contribution in [2.45, 2.75) is 19.3 Å². The average Bonchev–Trinajstić information content (AvgIpc) is 3.59. The van der Waals surface area contributed by atoms with Crippen molar-refractivity contribution >= 4 is 50.9 Å². The van der Waals surface area contributed by atoms with E-state index in [-0.39, 0.29) is 24.2 Å². The Morgan fingerprint density at radius 1 is 0.956 bits per heavy atom. The second-order valence-electron chi connectivity index (χ2n) is 11.4. The zero-order valence-electron chi connectivity index (χ0n) is 25.7. The van der Waals surface area contributed by atoms with Crippen LogP contribution in [0.15, 0.2) is 97.2 Å². The van der Waals surface area contributed by atoms with Crippen molar-refractivity contribution in [3.8, 4) is 5.75 Å². The minimum atomic E-state index is -0.188. The molecule has 0 aliphatic carbocycles. The number of amides is 1. The molecule has 8 heteroatoms. The van der Waals surface area contributed by atoms with E-state index in [2.05, 4.69) is 51.6 Å². The summed E-state index contributed by atoms with van der Waals surface area (Å²) < 4.78 is 7.17. The lowest BCUT2D eigenvalue weighted by atomic mass is 9.90. The summed E-state index contributed by atoms with van der Waals surface area (Å²) in [5, 5.41) is 5.70. The van der Waals surface area contributed by atoms with Crippen molar-refractivity contribution in [2.24, 2.45) is 0 Å². The van der Waals surface area contributed by atoms with Gasteiger partial charge < -0.3 is 19.9 Å². The highest BCUT2D eigenvalue weighted by molar-refractivity contribution is 6.30. The fraction of sp³-hybridized carbons (Fsp3) is 0.189. The average molecular weight is 619 g/mol. The lowest BCUT2D eigenvalue weighted by molar-refractivity contribution is -0.120. The Morgan fingerprint density at radius 2 is 1.69 bits per heavy atom. The van der Waals surface area contributed by atoms with Gasteiger partial charge in [-0.2, -0.15) is 0 Å². The molecule has 0 aliphatic heterocycles. The number of nitrogens with zero attached hydrogens (tertiary/aromatic N) is 2. The molecule has 0 radical (unpaired) electrons. The minimum Gasteiger partial charge on any atom is -0.497 e. The summed E-state index contributed by atoms with van der Waals surface area (Å²) in [4.78, 5) is 32.9. The molecule has 6 aromatic rings. The molecule has 228 valence electrons. The third-order valence-electron chi connectivity index (χ3n) is 8.49. The van der Waals surface area contributed by atoms with Gasteiger partial charge in [-0.3, -0.25) is 14.2 Å². The van der Waals surface area contributed by atoms with Gasteiger partial charge in [-0.25, -0.2) is 0 Å². The highest BCUT2D eigenvalue weighted by Gasteiger charge is 2.24. The van der Waals surface area contributed by atoms with Crippen molar-refractivity contribution in [3.05, 3.63) is 130 Å². The maximum absolute atomic E-state index is 13.7. The van der Waals surface area contributed by atoms with Crippen LogP contribution in [0.1, 0.15) is 38.7 Å². The number of para-hydroxylation sites is 1. The monoisotopic (exact) mass is 618 g/mol. The van der Waals surface area contributed by atoms with Gasteiger partial charge in [0.1, 0.15) is 5.75 Å². The summed E-state index contributed by atoms with van der Waals surface area (Å²) in [7, 11) is 5.64. The number of methoxy groups -OCH3 is 1. The molecule has 0 bridgehead atoms. The largest absolute Gasteiger partial charge is 0.497 e. The number of benzene rings is 4. The standard InChI is InChI=1S/C37H35ClN4O3/c1-23-30(31-19-28(45-4)17-18-35(31)42(23)37(44)25-9-13-26(38)14-10-25)20-36(43)40-21-32(24-11-15-27(16-12-24)41(2)3)33-22-39-34-8-6-5-7-29(33)34/h5-19,22,32,39H,20-21H2,1-4H3,(H,40,43)/t32-/m1/s1. The van der Waals surface area contributed by atoms with E-state index in [1.807, 2.05) is 57.5 Å². The first-order valence-corrected chi connectivity index (χ1v) is 15.2. The Kier molecular flexibility index (Phi) is 8.37. The lowest BCUT2D eigenvalue weighted by Crippen LogP contribution is -2.30. The van der Waals surface area contributed by atoms with Gasteiger partial charge >= 0.3 is 0 Å². The molecule has 45 heavy (non-hydrogen) atoms. The van der Waals surface area contributed by atoms with Gasteiger partial charge in [0.25, 0.3) is 5.91 Å². The number of ether oxygens (including phenoxy) is 1. The van der Waals surface area contributed by atoms with Gasteiger partial charge in [0.15, 0.2) is 0 Å². The highest BCUT2D eigenvalue weighted by atomic mass is 35.5. The summed E-state index contributed by atoms with van der Waals surface area (Å²) in [5.74, 6) is 0.261. The highest BCUT2D eigenvalue weighted by Crippen LogP contribution is 2.33. The Morgan fingerprint density at radius 3 is 2.40 bits per heavy atom. The number of fused-ring (bicyclic) bond motifs is 2. The van der Waals surface area contributed by atoms with E-state index in [1.165, 1.54) is 0 Å². The Labute approximate surface area is 267 Å². The second-order valence-corrected chi connectivity index (χ2v) is 11.8. The molecule has 2 aromatic heterocycles. The fourth-order valence-electron chi connectivity index (χ4n) is 6.03. The predicted octanol–water partition coefficient (Wildman–Crippen LogP) is 7.34. The molecule has 2 heterocycles.